The van der Waals surface area contributed by atoms with Gasteiger partial charge in [-0.05, 0) is 32.3 Å². The van der Waals surface area contributed by atoms with Crippen molar-refractivity contribution in [3.05, 3.63) is 50.8 Å². The summed E-state index contributed by atoms with van der Waals surface area (Å²) in [6, 6.07) is 5.25. The molecule has 136 valence electrons. The maximum Gasteiger partial charge on any atom is 0.250 e. The number of nitrogens with one attached hydrogen (secondary N) is 2. The summed E-state index contributed by atoms with van der Waals surface area (Å²) in [4.78, 5) is 21.9. The molecular weight excluding hydrogens is 334 g/mol. The highest BCUT2D eigenvalue weighted by molar-refractivity contribution is 7.11. The minimum absolute atomic E-state index is 0.0558. The molecule has 0 fully saturated rings. The predicted molar refractivity (Wildman–Crippen MR) is 104 cm³/mol. The van der Waals surface area contributed by atoms with Crippen LogP contribution in [-0.2, 0) is 19.5 Å². The second-order valence-corrected chi connectivity index (χ2v) is 6.83. The smallest absolute Gasteiger partial charge is 0.250 e. The third-order valence-corrected chi connectivity index (χ3v) is 4.81. The van der Waals surface area contributed by atoms with Crippen molar-refractivity contribution >= 4 is 17.3 Å². The molecule has 0 bridgehead atoms. The average Bonchev–Trinajstić information content (AvgIpc) is 3.09. The molecule has 0 saturated carbocycles. The molecule has 2 N–H and O–H groups in total. The second-order valence-electron chi connectivity index (χ2n) is 5.64. The number of hydrogen-bond donors (Lipinski definition) is 2. The molecule has 0 amide bonds. The summed E-state index contributed by atoms with van der Waals surface area (Å²) in [6.45, 7) is 7.18. The van der Waals surface area contributed by atoms with E-state index in [9.17, 15) is 4.79 Å². The molecule has 0 aliphatic rings. The van der Waals surface area contributed by atoms with Gasteiger partial charge in [0.2, 0.25) is 5.56 Å². The minimum Gasteiger partial charge on any atom is -0.357 e. The Bertz CT molecular complexity index is 722. The van der Waals surface area contributed by atoms with Crippen molar-refractivity contribution in [1.82, 2.24) is 20.2 Å². The molecule has 2 aromatic rings. The molecule has 0 unspecified atom stereocenters. The van der Waals surface area contributed by atoms with Crippen LogP contribution in [0.25, 0.3) is 0 Å². The molecule has 0 aliphatic carbocycles. The molecule has 0 aliphatic heterocycles. The van der Waals surface area contributed by atoms with Gasteiger partial charge in [0, 0.05) is 43.0 Å². The number of aliphatic imine (C=N–C) groups is 1. The third kappa shape index (κ3) is 6.70. The van der Waals surface area contributed by atoms with Crippen LogP contribution in [0.3, 0.4) is 0 Å². The van der Waals surface area contributed by atoms with Gasteiger partial charge >= 0.3 is 0 Å². The van der Waals surface area contributed by atoms with Gasteiger partial charge < -0.3 is 15.2 Å². The number of rotatable bonds is 9. The number of guanidine groups is 1. The second kappa shape index (κ2) is 10.7. The van der Waals surface area contributed by atoms with E-state index in [-0.39, 0.29) is 5.56 Å². The van der Waals surface area contributed by atoms with Crippen molar-refractivity contribution in [2.45, 2.75) is 46.2 Å². The summed E-state index contributed by atoms with van der Waals surface area (Å²) in [5.74, 6) is 0.813. The van der Waals surface area contributed by atoms with Gasteiger partial charge in [0.1, 0.15) is 5.01 Å². The van der Waals surface area contributed by atoms with E-state index >= 15 is 0 Å². The number of aromatic nitrogens is 2. The SMILES string of the molecule is CCNC(=NCc1ncc(CC)s1)NCCCCn1ccccc1=O. The van der Waals surface area contributed by atoms with E-state index < -0.39 is 0 Å². The Morgan fingerprint density at radius 3 is 2.88 bits per heavy atom. The van der Waals surface area contributed by atoms with E-state index in [4.69, 9.17) is 0 Å². The Kier molecular flexibility index (Phi) is 8.18. The highest BCUT2D eigenvalue weighted by atomic mass is 32.1. The van der Waals surface area contributed by atoms with Gasteiger partial charge in [0.05, 0.1) is 6.54 Å². The number of thiazole rings is 1. The van der Waals surface area contributed by atoms with Crippen molar-refractivity contribution in [2.24, 2.45) is 4.99 Å². The summed E-state index contributed by atoms with van der Waals surface area (Å²) in [6.07, 6.45) is 6.71. The van der Waals surface area contributed by atoms with Crippen molar-refractivity contribution in [3.63, 3.8) is 0 Å². The molecule has 0 radical (unpaired) electrons. The summed E-state index contributed by atoms with van der Waals surface area (Å²) in [5.41, 5.74) is 0.0558. The van der Waals surface area contributed by atoms with Crippen LogP contribution in [0.1, 0.15) is 36.6 Å². The van der Waals surface area contributed by atoms with Gasteiger partial charge in [0.25, 0.3) is 0 Å². The van der Waals surface area contributed by atoms with Gasteiger partial charge in [-0.1, -0.05) is 13.0 Å². The van der Waals surface area contributed by atoms with Crippen molar-refractivity contribution in [1.29, 1.82) is 0 Å². The fraction of sp³-hybridized carbons (Fsp3) is 0.500. The largest absolute Gasteiger partial charge is 0.357 e. The average molecular weight is 362 g/mol. The maximum atomic E-state index is 11.6. The van der Waals surface area contributed by atoms with E-state index in [1.54, 1.807) is 28.0 Å². The first-order valence-electron chi connectivity index (χ1n) is 8.84. The van der Waals surface area contributed by atoms with Crippen LogP contribution in [-0.4, -0.2) is 28.6 Å². The van der Waals surface area contributed by atoms with Crippen LogP contribution in [0.15, 0.2) is 40.4 Å². The Morgan fingerprint density at radius 2 is 2.16 bits per heavy atom. The molecule has 25 heavy (non-hydrogen) atoms. The molecule has 6 nitrogen and oxygen atoms in total. The molecular formula is C18H27N5OS. The lowest BCUT2D eigenvalue weighted by Gasteiger charge is -2.11. The Morgan fingerprint density at radius 1 is 1.28 bits per heavy atom. The Balaban J connectivity index is 1.74. The maximum absolute atomic E-state index is 11.6. The van der Waals surface area contributed by atoms with Crippen LogP contribution >= 0.6 is 11.3 Å². The molecule has 2 aromatic heterocycles. The molecule has 0 aromatic carbocycles. The highest BCUT2D eigenvalue weighted by Crippen LogP contribution is 2.13. The van der Waals surface area contributed by atoms with Gasteiger partial charge in [0.15, 0.2) is 5.96 Å². The number of hydrogen-bond acceptors (Lipinski definition) is 4. The number of pyridine rings is 1. The summed E-state index contributed by atoms with van der Waals surface area (Å²) in [7, 11) is 0. The van der Waals surface area contributed by atoms with Crippen LogP contribution in [0.2, 0.25) is 0 Å². The summed E-state index contributed by atoms with van der Waals surface area (Å²) < 4.78 is 1.74. The first-order chi connectivity index (χ1) is 12.2. The van der Waals surface area contributed by atoms with Crippen LogP contribution in [0.4, 0.5) is 0 Å². The lowest BCUT2D eigenvalue weighted by molar-refractivity contribution is 0.585. The van der Waals surface area contributed by atoms with E-state index in [2.05, 4.69) is 34.5 Å². The van der Waals surface area contributed by atoms with Crippen molar-refractivity contribution < 1.29 is 0 Å². The highest BCUT2D eigenvalue weighted by Gasteiger charge is 2.02. The fourth-order valence-corrected chi connectivity index (χ4v) is 3.12. The lowest BCUT2D eigenvalue weighted by atomic mass is 10.3. The van der Waals surface area contributed by atoms with E-state index in [1.807, 2.05) is 18.5 Å². The number of aryl methyl sites for hydroxylation is 2. The van der Waals surface area contributed by atoms with Crippen LogP contribution < -0.4 is 16.2 Å². The summed E-state index contributed by atoms with van der Waals surface area (Å²) in [5, 5.41) is 7.63. The van der Waals surface area contributed by atoms with Crippen molar-refractivity contribution in [3.8, 4) is 0 Å². The zero-order chi connectivity index (χ0) is 17.9. The van der Waals surface area contributed by atoms with Gasteiger partial charge in [-0.25, -0.2) is 9.98 Å². The normalized spacial score (nSPS) is 11.5. The van der Waals surface area contributed by atoms with E-state index in [0.717, 1.165) is 49.9 Å². The zero-order valence-corrected chi connectivity index (χ0v) is 15.8. The van der Waals surface area contributed by atoms with Gasteiger partial charge in [-0.2, -0.15) is 0 Å². The molecule has 0 spiro atoms. The molecule has 2 heterocycles. The quantitative estimate of drug-likeness (QED) is 0.409. The zero-order valence-electron chi connectivity index (χ0n) is 15.0. The first-order valence-corrected chi connectivity index (χ1v) is 9.65. The molecule has 0 atom stereocenters. The summed E-state index contributed by atoms with van der Waals surface area (Å²) >= 11 is 1.72. The third-order valence-electron chi connectivity index (χ3n) is 3.68. The van der Waals surface area contributed by atoms with E-state index in [0.29, 0.717) is 6.54 Å². The lowest BCUT2D eigenvalue weighted by Crippen LogP contribution is -2.37. The Labute approximate surface area is 153 Å². The minimum atomic E-state index is 0.0558. The number of nitrogens with zero attached hydrogens (tertiary/aromatic N) is 3. The monoisotopic (exact) mass is 361 g/mol. The molecule has 0 saturated heterocycles. The predicted octanol–water partition coefficient (Wildman–Crippen LogP) is 2.40. The molecule has 7 heteroatoms. The molecule has 2 rings (SSSR count). The topological polar surface area (TPSA) is 71.3 Å². The fourth-order valence-electron chi connectivity index (χ4n) is 2.33. The van der Waals surface area contributed by atoms with Crippen molar-refractivity contribution in [2.75, 3.05) is 13.1 Å². The first kappa shape index (κ1) is 19.2. The van der Waals surface area contributed by atoms with Gasteiger partial charge in [-0.15, -0.1) is 11.3 Å². The standard InChI is InChI=1S/C18H27N5OS/c1-3-15-13-21-16(25-15)14-22-18(19-4-2)20-10-6-8-12-23-11-7-5-9-17(23)24/h5,7,9,11,13H,3-4,6,8,10,12,14H2,1-2H3,(H2,19,20,22). The van der Waals surface area contributed by atoms with E-state index in [1.165, 1.54) is 4.88 Å². The van der Waals surface area contributed by atoms with Crippen LogP contribution in [0, 0.1) is 0 Å². The van der Waals surface area contributed by atoms with Crippen LogP contribution in [0.5, 0.6) is 0 Å². The Hall–Kier alpha value is -2.15. The van der Waals surface area contributed by atoms with Gasteiger partial charge in [-0.3, -0.25) is 4.79 Å². The number of unbranched alkanes of at least 4 members (excludes halogenated alkanes) is 1.